The molecule has 1 atom stereocenters. The molecule has 106 valence electrons. The zero-order valence-corrected chi connectivity index (χ0v) is 11.9. The Balaban J connectivity index is 0.00000289. The fourth-order valence-electron chi connectivity index (χ4n) is 2.14. The van der Waals surface area contributed by atoms with Crippen molar-refractivity contribution in [3.63, 3.8) is 0 Å². The van der Waals surface area contributed by atoms with Crippen LogP contribution in [0.5, 0.6) is 0 Å². The van der Waals surface area contributed by atoms with Crippen LogP contribution in [0.3, 0.4) is 0 Å². The molecule has 1 amide bonds. The van der Waals surface area contributed by atoms with Crippen molar-refractivity contribution >= 4 is 24.3 Å². The highest BCUT2D eigenvalue weighted by Gasteiger charge is 2.38. The van der Waals surface area contributed by atoms with Gasteiger partial charge in [0.05, 0.1) is 18.6 Å². The van der Waals surface area contributed by atoms with Crippen LogP contribution in [-0.4, -0.2) is 37.1 Å². The number of halogens is 1. The van der Waals surface area contributed by atoms with Crippen molar-refractivity contribution in [1.29, 1.82) is 0 Å². The quantitative estimate of drug-likeness (QED) is 0.712. The summed E-state index contributed by atoms with van der Waals surface area (Å²) in [5.74, 6) is -0.264. The van der Waals surface area contributed by atoms with Crippen LogP contribution >= 0.6 is 12.4 Å². The summed E-state index contributed by atoms with van der Waals surface area (Å²) >= 11 is 0. The Morgan fingerprint density at radius 1 is 1.39 bits per heavy atom. The van der Waals surface area contributed by atoms with Crippen LogP contribution in [0.15, 0.2) is 0 Å². The van der Waals surface area contributed by atoms with Crippen molar-refractivity contribution in [3.05, 3.63) is 0 Å². The van der Waals surface area contributed by atoms with Gasteiger partial charge in [0.15, 0.2) is 0 Å². The summed E-state index contributed by atoms with van der Waals surface area (Å²) < 4.78 is 4.79. The summed E-state index contributed by atoms with van der Waals surface area (Å²) in [7, 11) is 0. The van der Waals surface area contributed by atoms with Gasteiger partial charge in [-0.05, 0) is 32.7 Å². The van der Waals surface area contributed by atoms with E-state index in [2.05, 4.69) is 10.6 Å². The van der Waals surface area contributed by atoms with E-state index in [1.807, 2.05) is 6.92 Å². The number of esters is 1. The van der Waals surface area contributed by atoms with E-state index in [9.17, 15) is 9.59 Å². The first-order valence-corrected chi connectivity index (χ1v) is 6.33. The fourth-order valence-corrected chi connectivity index (χ4v) is 2.14. The Labute approximate surface area is 114 Å². The van der Waals surface area contributed by atoms with Gasteiger partial charge in [-0.25, -0.2) is 0 Å². The van der Waals surface area contributed by atoms with Crippen LogP contribution in [0.4, 0.5) is 0 Å². The van der Waals surface area contributed by atoms with Gasteiger partial charge in [-0.2, -0.15) is 0 Å². The van der Waals surface area contributed by atoms with Crippen molar-refractivity contribution in [2.24, 2.45) is 0 Å². The van der Waals surface area contributed by atoms with E-state index in [1.54, 1.807) is 6.92 Å². The van der Waals surface area contributed by atoms with Crippen LogP contribution in [0.2, 0.25) is 0 Å². The van der Waals surface area contributed by atoms with Gasteiger partial charge in [0, 0.05) is 6.54 Å². The van der Waals surface area contributed by atoms with E-state index in [-0.39, 0.29) is 30.7 Å². The van der Waals surface area contributed by atoms with Gasteiger partial charge in [0.2, 0.25) is 5.91 Å². The summed E-state index contributed by atoms with van der Waals surface area (Å²) in [5, 5.41) is 6.06. The molecule has 1 saturated heterocycles. The van der Waals surface area contributed by atoms with Gasteiger partial charge in [0.1, 0.15) is 0 Å². The van der Waals surface area contributed by atoms with Crippen molar-refractivity contribution in [2.75, 3.05) is 19.7 Å². The van der Waals surface area contributed by atoms with Gasteiger partial charge >= 0.3 is 5.97 Å². The molecule has 0 aliphatic carbocycles. The van der Waals surface area contributed by atoms with E-state index < -0.39 is 5.54 Å². The minimum atomic E-state index is -0.422. The number of rotatable bonds is 6. The molecule has 18 heavy (non-hydrogen) atoms. The maximum Gasteiger partial charge on any atom is 0.307 e. The topological polar surface area (TPSA) is 67.4 Å². The van der Waals surface area contributed by atoms with Crippen LogP contribution in [0.1, 0.15) is 39.5 Å². The summed E-state index contributed by atoms with van der Waals surface area (Å²) in [6.07, 6.45) is 2.91. The lowest BCUT2D eigenvalue weighted by molar-refractivity contribution is -0.143. The molecule has 1 fully saturated rings. The SMILES string of the molecule is CCOC(=O)CCNC(=O)C1(CC)CCCN1.Cl. The highest BCUT2D eigenvalue weighted by molar-refractivity contribution is 5.87. The van der Waals surface area contributed by atoms with Gasteiger partial charge < -0.3 is 15.4 Å². The third-order valence-corrected chi connectivity index (χ3v) is 3.20. The number of amides is 1. The molecular weight excluding hydrogens is 256 g/mol. The predicted molar refractivity (Wildman–Crippen MR) is 71.8 cm³/mol. The molecule has 5 nitrogen and oxygen atoms in total. The van der Waals surface area contributed by atoms with Crippen molar-refractivity contribution in [1.82, 2.24) is 10.6 Å². The molecule has 0 saturated carbocycles. The van der Waals surface area contributed by atoms with Gasteiger partial charge in [0.25, 0.3) is 0 Å². The molecule has 1 aliphatic heterocycles. The van der Waals surface area contributed by atoms with E-state index in [0.717, 1.165) is 25.8 Å². The molecule has 2 N–H and O–H groups in total. The molecule has 1 heterocycles. The third kappa shape index (κ3) is 4.46. The molecule has 0 aromatic carbocycles. The standard InChI is InChI=1S/C12H22N2O3.ClH/c1-3-12(7-5-8-14-12)11(16)13-9-6-10(15)17-4-2;/h14H,3-9H2,1-2H3,(H,13,16);1H. The lowest BCUT2D eigenvalue weighted by Gasteiger charge is -2.26. The monoisotopic (exact) mass is 278 g/mol. The highest BCUT2D eigenvalue weighted by Crippen LogP contribution is 2.22. The number of ether oxygens (including phenoxy) is 1. The van der Waals surface area contributed by atoms with Gasteiger partial charge in [-0.15, -0.1) is 12.4 Å². The van der Waals surface area contributed by atoms with E-state index in [4.69, 9.17) is 4.74 Å². The van der Waals surface area contributed by atoms with Gasteiger partial charge in [-0.1, -0.05) is 6.92 Å². The summed E-state index contributed by atoms with van der Waals surface area (Å²) in [6, 6.07) is 0. The number of carbonyl (C=O) groups excluding carboxylic acids is 2. The summed E-state index contributed by atoms with van der Waals surface area (Å²) in [6.45, 7) is 5.39. The van der Waals surface area contributed by atoms with Crippen LogP contribution < -0.4 is 10.6 Å². The first-order chi connectivity index (χ1) is 8.14. The Hall–Kier alpha value is -0.810. The zero-order valence-electron chi connectivity index (χ0n) is 11.1. The summed E-state index contributed by atoms with van der Waals surface area (Å²) in [4.78, 5) is 23.1. The maximum absolute atomic E-state index is 12.0. The molecule has 1 unspecified atom stereocenters. The zero-order chi connectivity index (χ0) is 12.7. The van der Waals surface area contributed by atoms with Crippen molar-refractivity contribution < 1.29 is 14.3 Å². The molecule has 0 aromatic heterocycles. The van der Waals surface area contributed by atoms with Crippen molar-refractivity contribution in [3.8, 4) is 0 Å². The second-order valence-corrected chi connectivity index (χ2v) is 4.28. The average Bonchev–Trinajstić information content (AvgIpc) is 2.79. The molecular formula is C12H23ClN2O3. The number of nitrogens with one attached hydrogen (secondary N) is 2. The Morgan fingerprint density at radius 3 is 2.61 bits per heavy atom. The van der Waals surface area contributed by atoms with Crippen LogP contribution in [0, 0.1) is 0 Å². The average molecular weight is 279 g/mol. The number of hydrogen-bond donors (Lipinski definition) is 2. The molecule has 0 radical (unpaired) electrons. The first kappa shape index (κ1) is 17.2. The first-order valence-electron chi connectivity index (χ1n) is 6.33. The third-order valence-electron chi connectivity index (χ3n) is 3.20. The van der Waals surface area contributed by atoms with Gasteiger partial charge in [-0.3, -0.25) is 9.59 Å². The summed E-state index contributed by atoms with van der Waals surface area (Å²) in [5.41, 5.74) is -0.422. The van der Waals surface area contributed by atoms with Crippen molar-refractivity contribution in [2.45, 2.75) is 45.1 Å². The van der Waals surface area contributed by atoms with E-state index in [0.29, 0.717) is 13.2 Å². The molecule has 1 rings (SSSR count). The Morgan fingerprint density at radius 2 is 2.11 bits per heavy atom. The second-order valence-electron chi connectivity index (χ2n) is 4.28. The van der Waals surface area contributed by atoms with Crippen LogP contribution in [-0.2, 0) is 14.3 Å². The minimum Gasteiger partial charge on any atom is -0.466 e. The van der Waals surface area contributed by atoms with E-state index in [1.165, 1.54) is 0 Å². The Bertz CT molecular complexity index is 278. The lowest BCUT2D eigenvalue weighted by Crippen LogP contribution is -2.53. The minimum absolute atomic E-state index is 0. The lowest BCUT2D eigenvalue weighted by atomic mass is 9.93. The predicted octanol–water partition coefficient (Wildman–Crippen LogP) is 1.01. The largest absolute Gasteiger partial charge is 0.466 e. The number of carbonyl (C=O) groups is 2. The molecule has 0 spiro atoms. The Kier molecular flexibility index (Phi) is 7.95. The second kappa shape index (κ2) is 8.32. The normalized spacial score (nSPS) is 22.1. The maximum atomic E-state index is 12.0. The van der Waals surface area contributed by atoms with Crippen LogP contribution in [0.25, 0.3) is 0 Å². The molecule has 6 heteroatoms. The van der Waals surface area contributed by atoms with E-state index >= 15 is 0 Å². The highest BCUT2D eigenvalue weighted by atomic mass is 35.5. The fraction of sp³-hybridized carbons (Fsp3) is 0.833. The number of hydrogen-bond acceptors (Lipinski definition) is 4. The molecule has 0 aromatic rings. The smallest absolute Gasteiger partial charge is 0.307 e. The molecule has 0 bridgehead atoms. The molecule has 1 aliphatic rings.